The molecular weight excluding hydrogens is 607 g/mol. The van der Waals surface area contributed by atoms with Crippen LogP contribution < -0.4 is 10.6 Å². The maximum absolute atomic E-state index is 12.7. The van der Waals surface area contributed by atoms with E-state index in [4.69, 9.17) is 0 Å². The molecule has 2 aliphatic heterocycles. The number of carbonyl (C=O) groups is 3. The predicted molar refractivity (Wildman–Crippen MR) is 198 cm³/mol. The Morgan fingerprint density at radius 2 is 1.62 bits per heavy atom. The molecule has 2 heterocycles. The quantitative estimate of drug-likeness (QED) is 0.161. The maximum atomic E-state index is 12.7. The molecule has 3 fully saturated rings. The summed E-state index contributed by atoms with van der Waals surface area (Å²) in [4.78, 5) is 41.3. The lowest BCUT2D eigenvalue weighted by molar-refractivity contribution is -0.127. The summed E-state index contributed by atoms with van der Waals surface area (Å²) in [6.45, 7) is 14.6. The highest BCUT2D eigenvalue weighted by Gasteiger charge is 2.38. The van der Waals surface area contributed by atoms with Crippen molar-refractivity contribution >= 4 is 40.3 Å². The monoisotopic (exact) mass is 665 g/mol. The number of amides is 3. The molecule has 2 N–H and O–H groups in total. The largest absolute Gasteiger partial charge is 0.351 e. The molecule has 2 aromatic carbocycles. The van der Waals surface area contributed by atoms with Gasteiger partial charge in [-0.2, -0.15) is 5.26 Å². The van der Waals surface area contributed by atoms with E-state index in [-0.39, 0.29) is 37.4 Å². The van der Waals surface area contributed by atoms with E-state index in [1.54, 1.807) is 4.90 Å². The van der Waals surface area contributed by atoms with Gasteiger partial charge in [-0.3, -0.25) is 14.4 Å². The van der Waals surface area contributed by atoms with Crippen molar-refractivity contribution in [3.63, 3.8) is 0 Å². The first kappa shape index (κ1) is 38.1. The molecule has 0 radical (unpaired) electrons. The van der Waals surface area contributed by atoms with Crippen LogP contribution in [0.4, 0.5) is 0 Å². The Labute approximate surface area is 289 Å². The number of hydrogen-bond donors (Lipinski definition) is 2. The van der Waals surface area contributed by atoms with Gasteiger partial charge in [0.05, 0.1) is 5.25 Å². The highest BCUT2D eigenvalue weighted by Crippen LogP contribution is 2.39. The van der Waals surface area contributed by atoms with E-state index in [2.05, 4.69) is 46.7 Å². The lowest BCUT2D eigenvalue weighted by atomic mass is 10.0. The number of nitrogens with one attached hydrogen (secondary N) is 2. The minimum absolute atomic E-state index is 0. The average Bonchev–Trinajstić information content (AvgIpc) is 3.62. The lowest BCUT2D eigenvalue weighted by Gasteiger charge is -2.19. The van der Waals surface area contributed by atoms with Crippen molar-refractivity contribution in [2.75, 3.05) is 32.7 Å². The second kappa shape index (κ2) is 20.1. The molecule has 3 amide bonds. The highest BCUT2D eigenvalue weighted by atomic mass is 32.2. The number of aryl methyl sites for hydroxylation is 1. The van der Waals surface area contributed by atoms with Gasteiger partial charge in [0.1, 0.15) is 16.7 Å². The number of fused-ring (bicyclic) bond motifs is 1. The maximum Gasteiger partial charge on any atom is 0.264 e. The zero-order chi connectivity index (χ0) is 34.2. The Morgan fingerprint density at radius 1 is 0.957 bits per heavy atom. The van der Waals surface area contributed by atoms with Gasteiger partial charge in [-0.05, 0) is 81.4 Å². The third kappa shape index (κ3) is 11.1. The summed E-state index contributed by atoms with van der Waals surface area (Å²) in [6, 6.07) is 14.4. The average molecular weight is 666 g/mol. The Bertz CT molecular complexity index is 1420. The number of rotatable bonds is 9. The number of likely N-dealkylation sites (tertiary alicyclic amines) is 1. The highest BCUT2D eigenvalue weighted by molar-refractivity contribution is 8.04. The summed E-state index contributed by atoms with van der Waals surface area (Å²) in [6.07, 6.45) is 10.7. The number of nitriles is 1. The van der Waals surface area contributed by atoms with Gasteiger partial charge in [-0.25, -0.2) is 0 Å². The molecule has 1 aliphatic carbocycles. The second-order valence-electron chi connectivity index (χ2n) is 12.3. The summed E-state index contributed by atoms with van der Waals surface area (Å²) in [5.74, 6) is -0.274. The summed E-state index contributed by atoms with van der Waals surface area (Å²) < 4.78 is 0. The second-order valence-corrected chi connectivity index (χ2v) is 13.5. The topological polar surface area (TPSA) is 106 Å². The predicted octanol–water partition coefficient (Wildman–Crippen LogP) is 7.82. The van der Waals surface area contributed by atoms with Crippen LogP contribution in [-0.4, -0.2) is 71.5 Å². The van der Waals surface area contributed by atoms with Crippen LogP contribution in [0.5, 0.6) is 0 Å². The Hall–Kier alpha value is -3.35. The van der Waals surface area contributed by atoms with E-state index in [1.807, 2.05) is 45.9 Å². The third-order valence-corrected chi connectivity index (χ3v) is 10.2. The molecular formula is C38H59N5O3S. The number of nitrogens with zero attached hydrogens (tertiary/aromatic N) is 3. The third-order valence-electron chi connectivity index (χ3n) is 8.77. The Kier molecular flexibility index (Phi) is 16.3. The van der Waals surface area contributed by atoms with E-state index in [9.17, 15) is 19.6 Å². The summed E-state index contributed by atoms with van der Waals surface area (Å²) in [7, 11) is 0. The minimum atomic E-state index is -0.322. The normalized spacial score (nSPS) is 19.5. The molecule has 260 valence electrons. The van der Waals surface area contributed by atoms with Crippen molar-refractivity contribution in [2.24, 2.45) is 0 Å². The molecule has 0 aromatic heterocycles. The number of hydrogen-bond acceptors (Lipinski definition) is 6. The van der Waals surface area contributed by atoms with Crippen molar-refractivity contribution in [2.45, 2.75) is 110 Å². The minimum Gasteiger partial charge on any atom is -0.351 e. The summed E-state index contributed by atoms with van der Waals surface area (Å²) in [5.41, 5.74) is 2.08. The molecule has 47 heavy (non-hydrogen) atoms. The standard InChI is InChI=1S/C18H27N3O2S.C18H22N2O.C2H6.2H2/c1-3-11-21-17(23)15(4-2)24-18(21)14(12-19)16(22)20-13-9-7-5-6-8-10-13;1-14-4-5-16-13-17(7-6-15(16)12-14)18(21)19-8-11-20-9-2-3-10-20;1-2;;/h13,15H,3-11H2,1-2H3,(H,20,22);4-7,12-13H,2-3,8-11H2,1H3,(H,19,21);1-2H3;2*1H/b18-14-;;;;. The molecule has 0 spiro atoms. The van der Waals surface area contributed by atoms with Crippen molar-refractivity contribution in [3.05, 3.63) is 58.1 Å². The van der Waals surface area contributed by atoms with Crippen LogP contribution in [0.3, 0.4) is 0 Å². The fraction of sp³-hybridized carbons (Fsp3) is 0.579. The van der Waals surface area contributed by atoms with Gasteiger partial charge in [-0.15, -0.1) is 0 Å². The lowest BCUT2D eigenvalue weighted by Crippen LogP contribution is -2.37. The van der Waals surface area contributed by atoms with Crippen LogP contribution in [0.2, 0.25) is 0 Å². The van der Waals surface area contributed by atoms with Gasteiger partial charge in [0.2, 0.25) is 5.91 Å². The summed E-state index contributed by atoms with van der Waals surface area (Å²) >= 11 is 1.37. The molecule has 2 aromatic rings. The molecule has 1 unspecified atom stereocenters. The first-order chi connectivity index (χ1) is 22.8. The van der Waals surface area contributed by atoms with Crippen LogP contribution in [0.15, 0.2) is 47.0 Å². The molecule has 1 saturated carbocycles. The fourth-order valence-corrected chi connectivity index (χ4v) is 7.46. The molecule has 1 atom stereocenters. The smallest absolute Gasteiger partial charge is 0.264 e. The van der Waals surface area contributed by atoms with Gasteiger partial charge in [-0.1, -0.05) is 95.0 Å². The van der Waals surface area contributed by atoms with Crippen LogP contribution in [0.25, 0.3) is 10.8 Å². The number of benzene rings is 2. The van der Waals surface area contributed by atoms with Crippen molar-refractivity contribution in [1.82, 2.24) is 20.4 Å². The first-order valence-electron chi connectivity index (χ1n) is 17.8. The van der Waals surface area contributed by atoms with E-state index in [1.165, 1.54) is 61.5 Å². The number of thioether (sulfide) groups is 1. The van der Waals surface area contributed by atoms with Crippen LogP contribution >= 0.6 is 11.8 Å². The van der Waals surface area contributed by atoms with E-state index in [0.717, 1.165) is 56.1 Å². The molecule has 9 heteroatoms. The molecule has 5 rings (SSSR count). The fourth-order valence-electron chi connectivity index (χ4n) is 6.23. The number of carbonyl (C=O) groups excluding carboxylic acids is 3. The Balaban J connectivity index is 0.000000451. The van der Waals surface area contributed by atoms with Gasteiger partial charge < -0.3 is 20.4 Å². The molecule has 8 nitrogen and oxygen atoms in total. The van der Waals surface area contributed by atoms with Crippen molar-refractivity contribution in [3.8, 4) is 6.07 Å². The molecule has 2 saturated heterocycles. The molecule has 0 bridgehead atoms. The SMILES string of the molecule is CC.CCCN1C(=O)C(CC)S/C1=C(/C#N)C(=O)NC1CCCCCC1.Cc1ccc2cc(C(=O)NCCN3CCCC3)ccc2c1.[HH].[HH]. The first-order valence-corrected chi connectivity index (χ1v) is 18.7. The van der Waals surface area contributed by atoms with E-state index < -0.39 is 0 Å². The van der Waals surface area contributed by atoms with E-state index >= 15 is 0 Å². The van der Waals surface area contributed by atoms with Crippen molar-refractivity contribution in [1.29, 1.82) is 5.26 Å². The van der Waals surface area contributed by atoms with Crippen molar-refractivity contribution < 1.29 is 17.2 Å². The van der Waals surface area contributed by atoms with E-state index in [0.29, 0.717) is 18.0 Å². The van der Waals surface area contributed by atoms with Gasteiger partial charge in [0.25, 0.3) is 11.8 Å². The van der Waals surface area contributed by atoms with Gasteiger partial charge in [0, 0.05) is 34.1 Å². The van der Waals surface area contributed by atoms with Crippen LogP contribution in [0, 0.1) is 18.3 Å². The van der Waals surface area contributed by atoms with Gasteiger partial charge in [0.15, 0.2) is 0 Å². The van der Waals surface area contributed by atoms with Gasteiger partial charge >= 0.3 is 0 Å². The van der Waals surface area contributed by atoms with Crippen LogP contribution in [0.1, 0.15) is 111 Å². The zero-order valence-corrected chi connectivity index (χ0v) is 30.0. The van der Waals surface area contributed by atoms with Crippen LogP contribution in [-0.2, 0) is 9.59 Å². The molecule has 3 aliphatic rings. The Morgan fingerprint density at radius 3 is 2.26 bits per heavy atom. The summed E-state index contributed by atoms with van der Waals surface area (Å²) in [5, 5.41) is 18.3. The zero-order valence-electron chi connectivity index (χ0n) is 29.2.